The highest BCUT2D eigenvalue weighted by Crippen LogP contribution is 2.30. The van der Waals surface area contributed by atoms with Crippen LogP contribution in [0, 0.1) is 0 Å². The molecule has 2 aromatic heterocycles. The summed E-state index contributed by atoms with van der Waals surface area (Å²) in [6, 6.07) is 9.97. The van der Waals surface area contributed by atoms with Crippen molar-refractivity contribution in [2.75, 3.05) is 18.5 Å². The number of aromatic nitrogens is 3. The molecule has 9 nitrogen and oxygen atoms in total. The predicted octanol–water partition coefficient (Wildman–Crippen LogP) is 4.26. The number of nitrogens with zero attached hydrogens (tertiary/aromatic N) is 3. The minimum Gasteiger partial charge on any atom is -0.465 e. The van der Waals surface area contributed by atoms with Crippen LogP contribution in [0.3, 0.4) is 0 Å². The van der Waals surface area contributed by atoms with Gasteiger partial charge >= 0.3 is 6.09 Å². The van der Waals surface area contributed by atoms with Gasteiger partial charge in [0.15, 0.2) is 5.13 Å². The van der Waals surface area contributed by atoms with Crippen molar-refractivity contribution >= 4 is 28.5 Å². The molecule has 0 spiro atoms. The summed E-state index contributed by atoms with van der Waals surface area (Å²) in [5.41, 5.74) is 7.84. The molecule has 1 aliphatic rings. The average molecular weight is 459 g/mol. The molecule has 0 unspecified atom stereocenters. The molecule has 0 atom stereocenters. The Balaban J connectivity index is 0.000000248. The Kier molecular flexibility index (Phi) is 11.1. The van der Waals surface area contributed by atoms with E-state index in [9.17, 15) is 4.79 Å². The van der Waals surface area contributed by atoms with Crippen LogP contribution in [-0.4, -0.2) is 45.4 Å². The molecule has 1 saturated heterocycles. The second kappa shape index (κ2) is 14.1. The standard InChI is InChI=1S/C14H13N5S.C4H9NO2.C4H8O/c15-8-10-2-4-11(5-3-10)12-9-18-14(20-12)19-13-16-6-1-7-17-13;1-3(2)5-4(6)7;1-2-4-5-3-1/h1-7,9H,8,15H2,(H,16,17,18,19);3,5H,1-2H3,(H,6,7);1-4H2. The molecule has 4 rings (SSSR count). The number of ether oxygens (including phenoxy) is 1. The smallest absolute Gasteiger partial charge is 0.404 e. The van der Waals surface area contributed by atoms with E-state index < -0.39 is 6.09 Å². The van der Waals surface area contributed by atoms with E-state index in [0.717, 1.165) is 34.3 Å². The lowest BCUT2D eigenvalue weighted by atomic mass is 10.1. The van der Waals surface area contributed by atoms with E-state index in [4.69, 9.17) is 15.6 Å². The Labute approximate surface area is 192 Å². The van der Waals surface area contributed by atoms with Gasteiger partial charge in [0.2, 0.25) is 5.95 Å². The van der Waals surface area contributed by atoms with Gasteiger partial charge in [-0.1, -0.05) is 35.6 Å². The first-order valence-electron chi connectivity index (χ1n) is 10.3. The van der Waals surface area contributed by atoms with Gasteiger partial charge in [0.05, 0.1) is 4.88 Å². The SMILES string of the molecule is C1CCOC1.CC(C)NC(=O)O.NCc1ccc(-c2cnc(Nc3ncccn3)s2)cc1. The Bertz CT molecular complexity index is 907. The number of benzene rings is 1. The minimum absolute atomic E-state index is 0.0255. The van der Waals surface area contributed by atoms with E-state index in [1.54, 1.807) is 43.6 Å². The highest BCUT2D eigenvalue weighted by Gasteiger charge is 2.05. The molecular weight excluding hydrogens is 428 g/mol. The molecule has 10 heteroatoms. The van der Waals surface area contributed by atoms with Crippen molar-refractivity contribution in [1.29, 1.82) is 0 Å². The number of nitrogens with two attached hydrogens (primary N) is 1. The van der Waals surface area contributed by atoms with Crippen LogP contribution >= 0.6 is 11.3 Å². The van der Waals surface area contributed by atoms with Crippen LogP contribution in [0.15, 0.2) is 48.9 Å². The van der Waals surface area contributed by atoms with Crippen molar-refractivity contribution in [1.82, 2.24) is 20.3 Å². The first kappa shape index (κ1) is 25.2. The first-order valence-corrected chi connectivity index (χ1v) is 11.2. The van der Waals surface area contributed by atoms with Gasteiger partial charge in [-0.05, 0) is 43.9 Å². The number of thiazole rings is 1. The lowest BCUT2D eigenvalue weighted by Gasteiger charge is -2.00. The molecule has 3 aromatic rings. The minimum atomic E-state index is -0.963. The fraction of sp³-hybridized carbons (Fsp3) is 0.364. The molecule has 3 heterocycles. The van der Waals surface area contributed by atoms with E-state index in [-0.39, 0.29) is 6.04 Å². The lowest BCUT2D eigenvalue weighted by Crippen LogP contribution is -2.27. The van der Waals surface area contributed by atoms with Crippen molar-refractivity contribution in [3.63, 3.8) is 0 Å². The van der Waals surface area contributed by atoms with Crippen LogP contribution in [-0.2, 0) is 11.3 Å². The lowest BCUT2D eigenvalue weighted by molar-refractivity contribution is 0.191. The average Bonchev–Trinajstić information content (AvgIpc) is 3.50. The summed E-state index contributed by atoms with van der Waals surface area (Å²) in [6.45, 7) is 6.10. The number of amides is 1. The number of rotatable bonds is 5. The summed E-state index contributed by atoms with van der Waals surface area (Å²) in [4.78, 5) is 23.3. The highest BCUT2D eigenvalue weighted by molar-refractivity contribution is 7.18. The first-order chi connectivity index (χ1) is 15.5. The van der Waals surface area contributed by atoms with E-state index in [0.29, 0.717) is 12.5 Å². The second-order valence-corrected chi connectivity index (χ2v) is 8.08. The summed E-state index contributed by atoms with van der Waals surface area (Å²) >= 11 is 1.56. The van der Waals surface area contributed by atoms with Gasteiger partial charge in [0.1, 0.15) is 0 Å². The van der Waals surface area contributed by atoms with Crippen molar-refractivity contribution in [2.45, 2.75) is 39.3 Å². The fourth-order valence-corrected chi connectivity index (χ4v) is 3.30. The van der Waals surface area contributed by atoms with E-state index in [2.05, 4.69) is 37.7 Å². The number of carbonyl (C=O) groups is 1. The number of carboxylic acid groups (broad SMARTS) is 1. The van der Waals surface area contributed by atoms with Crippen LogP contribution in [0.4, 0.5) is 15.9 Å². The van der Waals surface area contributed by atoms with Crippen molar-refractivity contribution in [3.05, 3.63) is 54.5 Å². The van der Waals surface area contributed by atoms with Gasteiger partial charge in [-0.2, -0.15) is 0 Å². The number of hydrogen-bond acceptors (Lipinski definition) is 8. The zero-order valence-electron chi connectivity index (χ0n) is 18.3. The maximum Gasteiger partial charge on any atom is 0.404 e. The van der Waals surface area contributed by atoms with Crippen LogP contribution in [0.2, 0.25) is 0 Å². The Hall–Kier alpha value is -3.08. The topological polar surface area (TPSA) is 135 Å². The van der Waals surface area contributed by atoms with Gasteiger partial charge in [-0.3, -0.25) is 0 Å². The van der Waals surface area contributed by atoms with Crippen LogP contribution < -0.4 is 16.4 Å². The molecule has 0 aliphatic carbocycles. The summed E-state index contributed by atoms with van der Waals surface area (Å²) in [7, 11) is 0. The molecule has 0 radical (unpaired) electrons. The van der Waals surface area contributed by atoms with Crippen molar-refractivity contribution in [3.8, 4) is 10.4 Å². The number of anilines is 2. The number of nitrogens with one attached hydrogen (secondary N) is 2. The molecule has 1 fully saturated rings. The van der Waals surface area contributed by atoms with Crippen LogP contribution in [0.1, 0.15) is 32.3 Å². The third kappa shape index (κ3) is 9.82. The Morgan fingerprint density at radius 3 is 2.28 bits per heavy atom. The molecule has 5 N–H and O–H groups in total. The van der Waals surface area contributed by atoms with E-state index >= 15 is 0 Å². The zero-order chi connectivity index (χ0) is 23.2. The van der Waals surface area contributed by atoms with Gasteiger partial charge in [-0.15, -0.1) is 0 Å². The highest BCUT2D eigenvalue weighted by atomic mass is 32.1. The molecule has 172 valence electrons. The Morgan fingerprint density at radius 1 is 1.16 bits per heavy atom. The van der Waals surface area contributed by atoms with E-state index in [1.165, 1.54) is 12.8 Å². The van der Waals surface area contributed by atoms with Crippen LogP contribution in [0.5, 0.6) is 0 Å². The molecule has 32 heavy (non-hydrogen) atoms. The molecule has 0 saturated carbocycles. The third-order valence-corrected chi connectivity index (χ3v) is 4.97. The van der Waals surface area contributed by atoms with Crippen molar-refractivity contribution in [2.24, 2.45) is 5.73 Å². The summed E-state index contributed by atoms with van der Waals surface area (Å²) < 4.78 is 4.94. The Morgan fingerprint density at radius 2 is 1.81 bits per heavy atom. The summed E-state index contributed by atoms with van der Waals surface area (Å²) in [5, 5.41) is 14.0. The molecule has 1 amide bonds. The fourth-order valence-electron chi connectivity index (χ4n) is 2.49. The summed E-state index contributed by atoms with van der Waals surface area (Å²) in [6.07, 6.45) is 6.81. The molecule has 1 aromatic carbocycles. The molecular formula is C22H30N6O3S. The van der Waals surface area contributed by atoms with E-state index in [1.807, 2.05) is 18.3 Å². The maximum absolute atomic E-state index is 9.70. The number of hydrogen-bond donors (Lipinski definition) is 4. The predicted molar refractivity (Wildman–Crippen MR) is 127 cm³/mol. The quantitative estimate of drug-likeness (QED) is 0.445. The molecule has 0 bridgehead atoms. The third-order valence-electron chi connectivity index (χ3n) is 4.00. The molecule has 1 aliphatic heterocycles. The van der Waals surface area contributed by atoms with Gasteiger partial charge in [-0.25, -0.2) is 19.7 Å². The largest absolute Gasteiger partial charge is 0.465 e. The zero-order valence-corrected chi connectivity index (χ0v) is 19.1. The monoisotopic (exact) mass is 458 g/mol. The van der Waals surface area contributed by atoms with Gasteiger partial charge < -0.3 is 26.2 Å². The summed E-state index contributed by atoms with van der Waals surface area (Å²) in [5.74, 6) is 0.548. The van der Waals surface area contributed by atoms with Gasteiger partial charge in [0.25, 0.3) is 0 Å². The normalized spacial score (nSPS) is 12.2. The van der Waals surface area contributed by atoms with Crippen molar-refractivity contribution < 1.29 is 14.6 Å². The second-order valence-electron chi connectivity index (χ2n) is 7.05. The maximum atomic E-state index is 9.70. The van der Waals surface area contributed by atoms with Gasteiger partial charge in [0, 0.05) is 44.4 Å². The van der Waals surface area contributed by atoms with Crippen LogP contribution in [0.25, 0.3) is 10.4 Å².